The van der Waals surface area contributed by atoms with E-state index in [9.17, 15) is 14.4 Å². The predicted octanol–water partition coefficient (Wildman–Crippen LogP) is 10.3. The Morgan fingerprint density at radius 2 is 1.41 bits per heavy atom. The molecule has 3 N–H and O–H groups in total. The Morgan fingerprint density at radius 3 is 2.12 bits per heavy atom. The highest BCUT2D eigenvalue weighted by Gasteiger charge is 2.24. The molecule has 7 rings (SSSR count). The summed E-state index contributed by atoms with van der Waals surface area (Å²) in [4.78, 5) is 46.5. The molecule has 0 radical (unpaired) electrons. The lowest BCUT2D eigenvalue weighted by molar-refractivity contribution is -0.116. The first-order valence-corrected chi connectivity index (χ1v) is 20.0. The Kier molecular flexibility index (Phi) is 13.1. The lowest BCUT2D eigenvalue weighted by Gasteiger charge is -2.17. The number of carbonyl (C=O) groups excluding carboxylic acids is 3. The molecule has 1 atom stereocenters. The van der Waals surface area contributed by atoms with Crippen LogP contribution in [0.25, 0.3) is 17.3 Å². The number of nitrogens with zero attached hydrogens (tertiary/aromatic N) is 1. The fraction of sp³-hybridized carbons (Fsp3) is 0.0638. The van der Waals surface area contributed by atoms with Gasteiger partial charge in [-0.1, -0.05) is 97.1 Å². The highest BCUT2D eigenvalue weighted by molar-refractivity contribution is 8.00. The number of nitrogens with one attached hydrogen (secondary N) is 3. The molecule has 7 aromatic rings. The number of thiazole rings is 1. The van der Waals surface area contributed by atoms with Gasteiger partial charge < -0.3 is 25.4 Å². The van der Waals surface area contributed by atoms with Crippen molar-refractivity contribution in [2.45, 2.75) is 16.8 Å². The number of hydrogen-bond acceptors (Lipinski definition) is 8. The van der Waals surface area contributed by atoms with Crippen molar-refractivity contribution in [1.29, 1.82) is 0 Å². The van der Waals surface area contributed by atoms with Crippen molar-refractivity contribution in [3.05, 3.63) is 197 Å². The van der Waals surface area contributed by atoms with Gasteiger partial charge in [0.15, 0.2) is 5.13 Å². The molecule has 58 heavy (non-hydrogen) atoms. The van der Waals surface area contributed by atoms with E-state index in [2.05, 4.69) is 20.9 Å². The third-order valence-corrected chi connectivity index (χ3v) is 10.8. The van der Waals surface area contributed by atoms with Crippen LogP contribution in [0, 0.1) is 0 Å². The van der Waals surface area contributed by atoms with Crippen molar-refractivity contribution in [3.63, 3.8) is 0 Å². The van der Waals surface area contributed by atoms with Crippen LogP contribution < -0.4 is 25.4 Å². The van der Waals surface area contributed by atoms with Crippen molar-refractivity contribution in [2.75, 3.05) is 17.7 Å². The molecular weight excluding hydrogens is 765 g/mol. The van der Waals surface area contributed by atoms with Crippen LogP contribution in [0.3, 0.4) is 0 Å². The van der Waals surface area contributed by atoms with Gasteiger partial charge in [-0.25, -0.2) is 4.98 Å². The van der Waals surface area contributed by atoms with Gasteiger partial charge in [0, 0.05) is 27.1 Å². The predicted molar refractivity (Wildman–Crippen MR) is 232 cm³/mol. The summed E-state index contributed by atoms with van der Waals surface area (Å²) in [6, 6.07) is 50.1. The maximum absolute atomic E-state index is 13.9. The maximum Gasteiger partial charge on any atom is 0.272 e. The van der Waals surface area contributed by atoms with E-state index in [1.54, 1.807) is 55.7 Å². The number of anilines is 2. The Morgan fingerprint density at radius 1 is 0.741 bits per heavy atom. The Bertz CT molecular complexity index is 2490. The van der Waals surface area contributed by atoms with Crippen LogP contribution in [0.1, 0.15) is 32.3 Å². The van der Waals surface area contributed by atoms with Gasteiger partial charge in [0.05, 0.1) is 12.8 Å². The van der Waals surface area contributed by atoms with E-state index >= 15 is 0 Å². The first-order chi connectivity index (χ1) is 28.4. The van der Waals surface area contributed by atoms with Gasteiger partial charge in [-0.3, -0.25) is 14.4 Å². The second-order valence-corrected chi connectivity index (χ2v) is 14.9. The summed E-state index contributed by atoms with van der Waals surface area (Å²) in [5.41, 5.74) is 5.12. The monoisotopic (exact) mass is 802 g/mol. The third kappa shape index (κ3) is 10.7. The van der Waals surface area contributed by atoms with Crippen molar-refractivity contribution in [2.24, 2.45) is 0 Å². The first-order valence-electron chi connectivity index (χ1n) is 18.3. The van der Waals surface area contributed by atoms with E-state index in [1.165, 1.54) is 23.1 Å². The van der Waals surface area contributed by atoms with Crippen LogP contribution >= 0.6 is 23.1 Å². The Labute approximate surface area is 344 Å². The average Bonchev–Trinajstić information content (AvgIpc) is 3.74. The molecule has 0 saturated carbocycles. The molecule has 9 nitrogen and oxygen atoms in total. The number of methoxy groups -OCH3 is 1. The summed E-state index contributed by atoms with van der Waals surface area (Å²) in [5.74, 6) is 0.220. The fourth-order valence-corrected chi connectivity index (χ4v) is 7.60. The van der Waals surface area contributed by atoms with Crippen molar-refractivity contribution in [3.8, 4) is 22.8 Å². The zero-order valence-corrected chi connectivity index (χ0v) is 33.0. The number of ether oxygens (including phenoxy) is 2. The van der Waals surface area contributed by atoms with Crippen LogP contribution in [0.5, 0.6) is 11.5 Å². The van der Waals surface area contributed by atoms with Gasteiger partial charge in [0.2, 0.25) is 5.91 Å². The molecule has 288 valence electrons. The zero-order valence-electron chi connectivity index (χ0n) is 31.3. The van der Waals surface area contributed by atoms with E-state index < -0.39 is 17.1 Å². The van der Waals surface area contributed by atoms with E-state index in [0.717, 1.165) is 33.0 Å². The van der Waals surface area contributed by atoms with Gasteiger partial charge >= 0.3 is 0 Å². The number of aromatic nitrogens is 1. The minimum absolute atomic E-state index is 0.0452. The summed E-state index contributed by atoms with van der Waals surface area (Å²) < 4.78 is 11.2. The molecule has 3 amide bonds. The van der Waals surface area contributed by atoms with Crippen molar-refractivity contribution >= 4 is 57.7 Å². The van der Waals surface area contributed by atoms with Gasteiger partial charge in [0.25, 0.3) is 11.8 Å². The first kappa shape index (κ1) is 39.3. The molecule has 0 saturated heterocycles. The van der Waals surface area contributed by atoms with E-state index in [1.807, 2.05) is 127 Å². The van der Waals surface area contributed by atoms with Crippen LogP contribution in [-0.4, -0.2) is 29.8 Å². The highest BCUT2D eigenvalue weighted by Crippen LogP contribution is 2.38. The molecule has 0 aliphatic heterocycles. The standard InChI is InChI=1S/C47H38N4O5S2/c1-55-38-26-22-34(23-27-38)42-31-57-47(50-42)51-46(54)43(35-14-7-3-8-15-35)58-40-19-11-18-37(29-40)48-45(53)41(49-44(52)36-16-9-4-10-17-36)28-32-20-24-39(25-21-32)56-30-33-12-5-2-6-13-33/h2-29,31,43H,30H2,1H3,(H,48,53)(H,49,52)(H,50,51,54)/b41-28-. The van der Waals surface area contributed by atoms with Crippen LogP contribution in [0.2, 0.25) is 0 Å². The lowest BCUT2D eigenvalue weighted by Crippen LogP contribution is -2.30. The quantitative estimate of drug-likeness (QED) is 0.0698. The third-order valence-electron chi connectivity index (χ3n) is 8.77. The molecule has 0 fully saturated rings. The zero-order chi connectivity index (χ0) is 40.1. The summed E-state index contributed by atoms with van der Waals surface area (Å²) in [6.07, 6.45) is 1.62. The summed E-state index contributed by atoms with van der Waals surface area (Å²) in [7, 11) is 1.62. The number of rotatable bonds is 15. The normalized spacial score (nSPS) is 11.6. The SMILES string of the molecule is COc1ccc(-c2csc(NC(=O)C(Sc3cccc(NC(=O)/C(=C/c4ccc(OCc5ccccc5)cc4)NC(=O)c4ccccc4)c3)c3ccccc3)n2)cc1. The molecule has 1 heterocycles. The number of hydrogen-bond donors (Lipinski definition) is 3. The Balaban J connectivity index is 1.07. The maximum atomic E-state index is 13.9. The van der Waals surface area contributed by atoms with Gasteiger partial charge in [-0.05, 0) is 89.5 Å². The van der Waals surface area contributed by atoms with Crippen LogP contribution in [0.15, 0.2) is 180 Å². The van der Waals surface area contributed by atoms with Crippen LogP contribution in [0.4, 0.5) is 10.8 Å². The van der Waals surface area contributed by atoms with Gasteiger partial charge in [0.1, 0.15) is 29.1 Å². The van der Waals surface area contributed by atoms with Crippen molar-refractivity contribution in [1.82, 2.24) is 10.3 Å². The fourth-order valence-electron chi connectivity index (χ4n) is 5.79. The van der Waals surface area contributed by atoms with E-state index in [-0.39, 0.29) is 11.6 Å². The molecule has 0 aliphatic rings. The van der Waals surface area contributed by atoms with E-state index in [0.29, 0.717) is 34.3 Å². The number of thioether (sulfide) groups is 1. The summed E-state index contributed by atoms with van der Waals surface area (Å²) >= 11 is 2.69. The molecule has 1 aromatic heterocycles. The highest BCUT2D eigenvalue weighted by atomic mass is 32.2. The molecule has 11 heteroatoms. The number of carbonyl (C=O) groups is 3. The number of amides is 3. The lowest BCUT2D eigenvalue weighted by atomic mass is 10.1. The largest absolute Gasteiger partial charge is 0.497 e. The van der Waals surface area contributed by atoms with E-state index in [4.69, 9.17) is 9.47 Å². The molecule has 6 aromatic carbocycles. The second-order valence-electron chi connectivity index (χ2n) is 12.9. The molecule has 0 aliphatic carbocycles. The molecule has 1 unspecified atom stereocenters. The smallest absolute Gasteiger partial charge is 0.272 e. The van der Waals surface area contributed by atoms with Gasteiger partial charge in [-0.15, -0.1) is 23.1 Å². The minimum atomic E-state index is -0.638. The average molecular weight is 803 g/mol. The summed E-state index contributed by atoms with van der Waals surface area (Å²) in [5, 5.41) is 10.5. The Hall–Kier alpha value is -6.95. The van der Waals surface area contributed by atoms with Crippen molar-refractivity contribution < 1.29 is 23.9 Å². The second kappa shape index (κ2) is 19.3. The van der Waals surface area contributed by atoms with Crippen LogP contribution in [-0.2, 0) is 16.2 Å². The number of benzene rings is 6. The molecule has 0 spiro atoms. The van der Waals surface area contributed by atoms with Gasteiger partial charge in [-0.2, -0.15) is 0 Å². The minimum Gasteiger partial charge on any atom is -0.497 e. The summed E-state index contributed by atoms with van der Waals surface area (Å²) in [6.45, 7) is 0.420. The topological polar surface area (TPSA) is 119 Å². The molecule has 0 bridgehead atoms. The molecular formula is C47H38N4O5S2.